The van der Waals surface area contributed by atoms with Gasteiger partial charge in [-0.05, 0) is 54.3 Å². The number of carbonyl (C=O) groups excluding carboxylic acids is 5. The van der Waals surface area contributed by atoms with E-state index < -0.39 is 29.7 Å². The number of carbonyl (C=O) groups is 5. The van der Waals surface area contributed by atoms with Crippen LogP contribution in [0.1, 0.15) is 46.0 Å². The molecule has 12 nitrogen and oxygen atoms in total. The van der Waals surface area contributed by atoms with Crippen molar-refractivity contribution < 1.29 is 24.0 Å². The molecule has 2 fully saturated rings. The molecule has 0 spiro atoms. The second-order valence-electron chi connectivity index (χ2n) is 11.9. The number of aromatic amines is 1. The van der Waals surface area contributed by atoms with E-state index in [0.717, 1.165) is 44.7 Å². The molecule has 4 aromatic rings. The summed E-state index contributed by atoms with van der Waals surface area (Å²) in [5.41, 5.74) is 5.45. The Balaban J connectivity index is 0.965. The van der Waals surface area contributed by atoms with Gasteiger partial charge in [0.25, 0.3) is 11.8 Å². The molecule has 3 aliphatic heterocycles. The van der Waals surface area contributed by atoms with Crippen LogP contribution in [0, 0.1) is 0 Å². The minimum absolute atomic E-state index is 0.0119. The standard InChI is InChI=1S/C34H32ClN7O5/c1-2-19-16-37-31-29(19)30(35)25(17-38-31)20-4-3-5-22(14-20)41-13-12-40(18-28(41)44)11-10-36-21-6-7-23-24(15-21)34(47)42(33(23)46)26-8-9-27(43)39-32(26)45/h3-7,14-17,26,36H,2,8-13,18H2,1H3,(H,37,38)(H,39,43,45). The predicted octanol–water partition coefficient (Wildman–Crippen LogP) is 3.61. The number of nitrogens with one attached hydrogen (secondary N) is 3. The van der Waals surface area contributed by atoms with E-state index in [-0.39, 0.29) is 36.4 Å². The first-order valence-electron chi connectivity index (χ1n) is 15.6. The zero-order valence-electron chi connectivity index (χ0n) is 25.6. The third kappa shape index (κ3) is 5.53. The molecule has 5 amide bonds. The van der Waals surface area contributed by atoms with Crippen LogP contribution in [0.2, 0.25) is 5.02 Å². The molecule has 2 saturated heterocycles. The van der Waals surface area contributed by atoms with Crippen molar-refractivity contribution in [3.63, 3.8) is 0 Å². The molecule has 0 bridgehead atoms. The lowest BCUT2D eigenvalue weighted by atomic mass is 10.0. The summed E-state index contributed by atoms with van der Waals surface area (Å²) < 4.78 is 0. The molecule has 0 aliphatic carbocycles. The average molecular weight is 654 g/mol. The molecule has 2 aromatic heterocycles. The van der Waals surface area contributed by atoms with Crippen molar-refractivity contribution in [2.45, 2.75) is 32.2 Å². The minimum atomic E-state index is -1.01. The fourth-order valence-electron chi connectivity index (χ4n) is 6.57. The van der Waals surface area contributed by atoms with E-state index in [1.807, 2.05) is 30.5 Å². The van der Waals surface area contributed by atoms with Gasteiger partial charge in [0.05, 0.1) is 22.7 Å². The van der Waals surface area contributed by atoms with Crippen molar-refractivity contribution >= 4 is 63.5 Å². The third-order valence-electron chi connectivity index (χ3n) is 9.07. The van der Waals surface area contributed by atoms with Crippen LogP contribution >= 0.6 is 11.6 Å². The smallest absolute Gasteiger partial charge is 0.262 e. The Morgan fingerprint density at radius 3 is 2.62 bits per heavy atom. The monoisotopic (exact) mass is 653 g/mol. The lowest BCUT2D eigenvalue weighted by Crippen LogP contribution is -2.54. The second kappa shape index (κ2) is 12.3. The quantitative estimate of drug-likeness (QED) is 0.244. The van der Waals surface area contributed by atoms with Gasteiger partial charge in [0.2, 0.25) is 17.7 Å². The number of benzene rings is 2. The van der Waals surface area contributed by atoms with E-state index in [2.05, 4.69) is 32.4 Å². The maximum atomic E-state index is 13.3. The number of amides is 5. The number of fused-ring (bicyclic) bond motifs is 2. The zero-order valence-corrected chi connectivity index (χ0v) is 26.4. The summed E-state index contributed by atoms with van der Waals surface area (Å²) in [6, 6.07) is 11.7. The first-order valence-corrected chi connectivity index (χ1v) is 16.0. The average Bonchev–Trinajstić information content (AvgIpc) is 3.60. The van der Waals surface area contributed by atoms with Crippen LogP contribution in [0.5, 0.6) is 0 Å². The Kier molecular flexibility index (Phi) is 7.98. The first-order chi connectivity index (χ1) is 22.7. The zero-order chi connectivity index (χ0) is 32.8. The van der Waals surface area contributed by atoms with Gasteiger partial charge in [-0.3, -0.25) is 39.1 Å². The molecule has 47 heavy (non-hydrogen) atoms. The first kappa shape index (κ1) is 30.6. The van der Waals surface area contributed by atoms with Gasteiger partial charge in [-0.15, -0.1) is 0 Å². The Morgan fingerprint density at radius 1 is 1.00 bits per heavy atom. The fraction of sp³-hybridized carbons (Fsp3) is 0.294. The molecule has 0 saturated carbocycles. The van der Waals surface area contributed by atoms with E-state index in [1.54, 1.807) is 29.3 Å². The maximum Gasteiger partial charge on any atom is 0.262 e. The van der Waals surface area contributed by atoms with Gasteiger partial charge >= 0.3 is 0 Å². The number of piperidine rings is 1. The Labute approximate surface area is 275 Å². The largest absolute Gasteiger partial charge is 0.384 e. The van der Waals surface area contributed by atoms with Crippen LogP contribution in [0.25, 0.3) is 22.2 Å². The lowest BCUT2D eigenvalue weighted by Gasteiger charge is -2.34. The Morgan fingerprint density at radius 2 is 1.83 bits per heavy atom. The summed E-state index contributed by atoms with van der Waals surface area (Å²) in [6.07, 6.45) is 4.70. The number of hydrogen-bond acceptors (Lipinski definition) is 8. The van der Waals surface area contributed by atoms with Gasteiger partial charge < -0.3 is 15.2 Å². The molecule has 0 radical (unpaired) electrons. The summed E-state index contributed by atoms with van der Waals surface area (Å²) in [4.78, 5) is 75.8. The number of aromatic nitrogens is 2. The summed E-state index contributed by atoms with van der Waals surface area (Å²) in [6.45, 7) is 4.62. The Bertz CT molecular complexity index is 1970. The summed E-state index contributed by atoms with van der Waals surface area (Å²) in [5, 5.41) is 7.04. The van der Waals surface area contributed by atoms with E-state index in [9.17, 15) is 24.0 Å². The summed E-state index contributed by atoms with van der Waals surface area (Å²) in [5.74, 6) is -2.16. The molecule has 3 N–H and O–H groups in total. The van der Waals surface area contributed by atoms with Gasteiger partial charge in [0.15, 0.2) is 0 Å². The SMILES string of the molecule is CCc1c[nH]c2ncc(-c3cccc(N4CCN(CCNc5ccc6c(c5)C(=O)N(C5CCC(=O)NC5=O)C6=O)CC4=O)c3)c(Cl)c12. The number of aryl methyl sites for hydroxylation is 1. The Hall–Kier alpha value is -5.07. The highest BCUT2D eigenvalue weighted by atomic mass is 35.5. The van der Waals surface area contributed by atoms with Crippen molar-refractivity contribution in [1.82, 2.24) is 25.1 Å². The van der Waals surface area contributed by atoms with E-state index in [0.29, 0.717) is 36.9 Å². The molecule has 2 aromatic carbocycles. The third-order valence-corrected chi connectivity index (χ3v) is 9.46. The van der Waals surface area contributed by atoms with Crippen LogP contribution < -0.4 is 15.5 Å². The van der Waals surface area contributed by atoms with Crippen LogP contribution in [-0.2, 0) is 20.8 Å². The number of rotatable bonds is 8. The minimum Gasteiger partial charge on any atom is -0.384 e. The molecule has 1 unspecified atom stereocenters. The molecule has 1 atom stereocenters. The molecule has 3 aliphatic rings. The van der Waals surface area contributed by atoms with Gasteiger partial charge in [-0.25, -0.2) is 4.98 Å². The summed E-state index contributed by atoms with van der Waals surface area (Å²) in [7, 11) is 0. The van der Waals surface area contributed by atoms with Crippen LogP contribution in [0.15, 0.2) is 54.9 Å². The highest BCUT2D eigenvalue weighted by molar-refractivity contribution is 6.38. The van der Waals surface area contributed by atoms with Crippen LogP contribution in [-0.4, -0.2) is 88.1 Å². The van der Waals surface area contributed by atoms with Gasteiger partial charge in [-0.2, -0.15) is 0 Å². The number of halogens is 1. The van der Waals surface area contributed by atoms with Crippen molar-refractivity contribution in [1.29, 1.82) is 0 Å². The molecular weight excluding hydrogens is 622 g/mol. The summed E-state index contributed by atoms with van der Waals surface area (Å²) >= 11 is 6.86. The number of H-pyrrole nitrogens is 1. The second-order valence-corrected chi connectivity index (χ2v) is 12.3. The number of nitrogens with zero attached hydrogens (tertiary/aromatic N) is 4. The van der Waals surface area contributed by atoms with Crippen molar-refractivity contribution in [3.05, 3.63) is 76.6 Å². The van der Waals surface area contributed by atoms with Gasteiger partial charge in [0.1, 0.15) is 11.7 Å². The number of hydrogen-bond donors (Lipinski definition) is 3. The molecule has 5 heterocycles. The molecular formula is C34H32ClN7O5. The van der Waals surface area contributed by atoms with Crippen LogP contribution in [0.4, 0.5) is 11.4 Å². The molecule has 7 rings (SSSR count). The van der Waals surface area contributed by atoms with Crippen molar-refractivity contribution in [2.24, 2.45) is 0 Å². The van der Waals surface area contributed by atoms with Crippen LogP contribution in [0.3, 0.4) is 0 Å². The van der Waals surface area contributed by atoms with E-state index >= 15 is 0 Å². The maximum absolute atomic E-state index is 13.3. The molecule has 13 heteroatoms. The lowest BCUT2D eigenvalue weighted by molar-refractivity contribution is -0.136. The highest BCUT2D eigenvalue weighted by Crippen LogP contribution is 2.36. The van der Waals surface area contributed by atoms with Crippen molar-refractivity contribution in [3.8, 4) is 11.1 Å². The van der Waals surface area contributed by atoms with E-state index in [1.165, 1.54) is 0 Å². The van der Waals surface area contributed by atoms with Gasteiger partial charge in [0, 0.05) is 67.3 Å². The number of imide groups is 2. The number of piperazine rings is 1. The normalized spacial score (nSPS) is 18.7. The van der Waals surface area contributed by atoms with Crippen molar-refractivity contribution in [2.75, 3.05) is 42.9 Å². The fourth-order valence-corrected chi connectivity index (χ4v) is 6.93. The number of anilines is 2. The number of pyridine rings is 1. The van der Waals surface area contributed by atoms with Gasteiger partial charge in [-0.1, -0.05) is 30.7 Å². The molecule has 240 valence electrons. The highest BCUT2D eigenvalue weighted by Gasteiger charge is 2.44. The predicted molar refractivity (Wildman–Crippen MR) is 176 cm³/mol. The topological polar surface area (TPSA) is 148 Å². The van der Waals surface area contributed by atoms with E-state index in [4.69, 9.17) is 11.6 Å².